The Labute approximate surface area is 277 Å². The summed E-state index contributed by atoms with van der Waals surface area (Å²) in [6.45, 7) is 12.4. The lowest BCUT2D eigenvalue weighted by Crippen LogP contribution is -2.46. The third-order valence-electron chi connectivity index (χ3n) is 9.03. The molecule has 3 heterocycles. The number of hydrogen-bond donors (Lipinski definition) is 0. The van der Waals surface area contributed by atoms with E-state index >= 15 is 0 Å². The van der Waals surface area contributed by atoms with E-state index in [-0.39, 0.29) is 12.2 Å². The van der Waals surface area contributed by atoms with Crippen LogP contribution in [0.25, 0.3) is 0 Å². The van der Waals surface area contributed by atoms with Crippen molar-refractivity contribution in [3.05, 3.63) is 36.4 Å². The molecule has 256 valence electrons. The van der Waals surface area contributed by atoms with Gasteiger partial charge in [-0.05, 0) is 37.1 Å². The summed E-state index contributed by atoms with van der Waals surface area (Å²) in [5, 5.41) is 0. The maximum atomic E-state index is 6.31. The van der Waals surface area contributed by atoms with E-state index in [1.165, 1.54) is 75.6 Å². The maximum absolute atomic E-state index is 6.31. The van der Waals surface area contributed by atoms with Crippen molar-refractivity contribution in [1.29, 1.82) is 0 Å². The van der Waals surface area contributed by atoms with E-state index in [1.54, 1.807) is 0 Å². The Morgan fingerprint density at radius 1 is 0.522 bits per heavy atom. The number of hydrogen-bond acceptors (Lipinski definition) is 8. The second kappa shape index (κ2) is 19.1. The summed E-state index contributed by atoms with van der Waals surface area (Å²) in [5.41, 5.74) is 2.36. The third-order valence-corrected chi connectivity index (χ3v) is 9.03. The van der Waals surface area contributed by atoms with Crippen molar-refractivity contribution in [2.24, 2.45) is 0 Å². The van der Waals surface area contributed by atoms with Gasteiger partial charge in [-0.15, -0.1) is 0 Å². The van der Waals surface area contributed by atoms with Gasteiger partial charge < -0.3 is 38.2 Å². The van der Waals surface area contributed by atoms with Gasteiger partial charge in [-0.2, -0.15) is 0 Å². The molecule has 3 fully saturated rings. The summed E-state index contributed by atoms with van der Waals surface area (Å²) < 4.78 is 35.5. The van der Waals surface area contributed by atoms with Crippen molar-refractivity contribution in [2.75, 3.05) is 75.6 Å². The number of benzene rings is 2. The number of ether oxygens (including phenoxy) is 6. The summed E-state index contributed by atoms with van der Waals surface area (Å²) in [5.74, 6) is 3.31. The lowest BCUT2D eigenvalue weighted by molar-refractivity contribution is 0.239. The van der Waals surface area contributed by atoms with Gasteiger partial charge in [-0.3, -0.25) is 0 Å². The topological polar surface area (TPSA) is 68.5 Å². The Bertz CT molecular complexity index is 1060. The summed E-state index contributed by atoms with van der Waals surface area (Å²) >= 11 is 0. The predicted molar refractivity (Wildman–Crippen MR) is 186 cm³/mol. The maximum Gasteiger partial charge on any atom is 0.163 e. The van der Waals surface area contributed by atoms with Crippen LogP contribution in [0.5, 0.6) is 23.0 Å². The molecule has 0 N–H and O–H groups in total. The largest absolute Gasteiger partial charge is 0.490 e. The monoisotopic (exact) mass is 638 g/mol. The summed E-state index contributed by atoms with van der Waals surface area (Å²) in [6, 6.07) is 12.8. The summed E-state index contributed by atoms with van der Waals surface area (Å²) in [4.78, 5) is 4.90. The molecule has 0 aromatic heterocycles. The Hall–Kier alpha value is -2.84. The predicted octanol–water partition coefficient (Wildman–Crippen LogP) is 8.05. The number of nitrogens with zero attached hydrogens (tertiary/aromatic N) is 2. The molecule has 0 radical (unpaired) electrons. The Balaban J connectivity index is 1.15. The summed E-state index contributed by atoms with van der Waals surface area (Å²) in [7, 11) is 0. The number of rotatable bonds is 24. The van der Waals surface area contributed by atoms with E-state index in [9.17, 15) is 0 Å². The molecule has 2 unspecified atom stereocenters. The second-order valence-corrected chi connectivity index (χ2v) is 13.0. The van der Waals surface area contributed by atoms with E-state index in [2.05, 4.69) is 60.0 Å². The average Bonchev–Trinajstić information content (AvgIpc) is 4.02. The van der Waals surface area contributed by atoms with E-state index in [0.717, 1.165) is 88.4 Å². The zero-order valence-electron chi connectivity index (χ0n) is 28.5. The third kappa shape index (κ3) is 11.8. The molecule has 2 aromatic rings. The van der Waals surface area contributed by atoms with Crippen LogP contribution in [0.1, 0.15) is 90.9 Å². The number of epoxide rings is 2. The molecule has 0 saturated carbocycles. The first-order valence-electron chi connectivity index (χ1n) is 18.3. The smallest absolute Gasteiger partial charge is 0.163 e. The van der Waals surface area contributed by atoms with Crippen LogP contribution >= 0.6 is 0 Å². The first kappa shape index (κ1) is 34.5. The van der Waals surface area contributed by atoms with Gasteiger partial charge in [-0.1, -0.05) is 78.1 Å². The molecule has 2 atom stereocenters. The molecule has 5 rings (SSSR count). The Morgan fingerprint density at radius 2 is 0.913 bits per heavy atom. The van der Waals surface area contributed by atoms with Crippen molar-refractivity contribution in [1.82, 2.24) is 0 Å². The van der Waals surface area contributed by atoms with Crippen LogP contribution in [-0.4, -0.2) is 78.0 Å². The van der Waals surface area contributed by atoms with Crippen LogP contribution in [0.2, 0.25) is 0 Å². The van der Waals surface area contributed by atoms with Crippen molar-refractivity contribution < 1.29 is 28.4 Å². The Kier molecular flexibility index (Phi) is 14.3. The van der Waals surface area contributed by atoms with E-state index < -0.39 is 0 Å². The van der Waals surface area contributed by atoms with Crippen molar-refractivity contribution >= 4 is 11.4 Å². The zero-order chi connectivity index (χ0) is 31.8. The van der Waals surface area contributed by atoms with Crippen LogP contribution < -0.4 is 28.7 Å². The SMILES string of the molecule is CCCCCCCCOc1cc(N2CCN(c3ccc(OCC4CO4)c(OCCCCCCCC)c3)CC2)ccc1OCC1CO1. The molecular formula is C38H58N2O6. The molecule has 0 aliphatic carbocycles. The molecule has 3 aliphatic heterocycles. The average molecular weight is 639 g/mol. The standard InChI is InChI=1S/C38H58N2O6/c1-3-5-7-9-11-13-23-41-37-25-31(15-17-35(37)45-29-33-27-43-33)39-19-21-40(22-20-39)32-16-18-36(46-30-34-28-44-34)38(26-32)42-24-14-12-10-8-6-4-2/h15-18,25-26,33-34H,3-14,19-24,27-30H2,1-2H3. The van der Waals surface area contributed by atoms with Crippen LogP contribution in [-0.2, 0) is 9.47 Å². The van der Waals surface area contributed by atoms with E-state index in [4.69, 9.17) is 28.4 Å². The molecule has 3 saturated heterocycles. The van der Waals surface area contributed by atoms with E-state index in [1.807, 2.05) is 0 Å². The molecule has 46 heavy (non-hydrogen) atoms. The van der Waals surface area contributed by atoms with Crippen molar-refractivity contribution in [3.63, 3.8) is 0 Å². The number of unbranched alkanes of at least 4 members (excludes halogenated alkanes) is 10. The molecule has 0 amide bonds. The normalized spacial score (nSPS) is 18.8. The highest BCUT2D eigenvalue weighted by Crippen LogP contribution is 2.36. The first-order valence-corrected chi connectivity index (χ1v) is 18.3. The fraction of sp³-hybridized carbons (Fsp3) is 0.684. The molecule has 2 aromatic carbocycles. The molecular weight excluding hydrogens is 580 g/mol. The molecule has 3 aliphatic rings. The molecule has 8 nitrogen and oxygen atoms in total. The second-order valence-electron chi connectivity index (χ2n) is 13.0. The fourth-order valence-electron chi connectivity index (χ4n) is 5.90. The molecule has 0 spiro atoms. The highest BCUT2D eigenvalue weighted by molar-refractivity contribution is 5.60. The van der Waals surface area contributed by atoms with Crippen molar-refractivity contribution in [3.8, 4) is 23.0 Å². The minimum atomic E-state index is 0.216. The van der Waals surface area contributed by atoms with E-state index in [0.29, 0.717) is 13.2 Å². The lowest BCUT2D eigenvalue weighted by Gasteiger charge is -2.37. The number of anilines is 2. The van der Waals surface area contributed by atoms with Gasteiger partial charge in [0.1, 0.15) is 25.4 Å². The molecule has 8 heteroatoms. The minimum Gasteiger partial charge on any atom is -0.490 e. The van der Waals surface area contributed by atoms with Gasteiger partial charge in [-0.25, -0.2) is 0 Å². The van der Waals surface area contributed by atoms with Crippen LogP contribution in [0.4, 0.5) is 11.4 Å². The minimum absolute atomic E-state index is 0.216. The number of piperazine rings is 1. The van der Waals surface area contributed by atoms with Crippen LogP contribution in [0.3, 0.4) is 0 Å². The van der Waals surface area contributed by atoms with Gasteiger partial charge in [0.25, 0.3) is 0 Å². The first-order chi connectivity index (χ1) is 22.7. The zero-order valence-corrected chi connectivity index (χ0v) is 28.5. The molecule has 0 bridgehead atoms. The van der Waals surface area contributed by atoms with Gasteiger partial charge in [0.05, 0.1) is 26.4 Å². The van der Waals surface area contributed by atoms with Crippen LogP contribution in [0.15, 0.2) is 36.4 Å². The van der Waals surface area contributed by atoms with Crippen LogP contribution in [0, 0.1) is 0 Å². The fourth-order valence-corrected chi connectivity index (χ4v) is 5.90. The highest BCUT2D eigenvalue weighted by atomic mass is 16.6. The quantitative estimate of drug-likeness (QED) is 0.0846. The Morgan fingerprint density at radius 3 is 1.30 bits per heavy atom. The highest BCUT2D eigenvalue weighted by Gasteiger charge is 2.26. The van der Waals surface area contributed by atoms with Gasteiger partial charge in [0.2, 0.25) is 0 Å². The van der Waals surface area contributed by atoms with Gasteiger partial charge in [0.15, 0.2) is 23.0 Å². The van der Waals surface area contributed by atoms with Gasteiger partial charge >= 0.3 is 0 Å². The summed E-state index contributed by atoms with van der Waals surface area (Å²) in [6.07, 6.45) is 15.4. The van der Waals surface area contributed by atoms with Gasteiger partial charge in [0, 0.05) is 49.7 Å². The van der Waals surface area contributed by atoms with Crippen molar-refractivity contribution in [2.45, 2.75) is 103 Å². The lowest BCUT2D eigenvalue weighted by atomic mass is 10.1.